The predicted molar refractivity (Wildman–Crippen MR) is 68.6 cm³/mol. The van der Waals surface area contributed by atoms with Crippen LogP contribution in [0.5, 0.6) is 0 Å². The Labute approximate surface area is 108 Å². The highest BCUT2D eigenvalue weighted by Gasteiger charge is 2.09. The third-order valence-corrected chi connectivity index (χ3v) is 2.99. The molecule has 18 heavy (non-hydrogen) atoms. The van der Waals surface area contributed by atoms with Crippen LogP contribution in [0.3, 0.4) is 0 Å². The first kappa shape index (κ1) is 12.4. The Morgan fingerprint density at radius 2 is 2.39 bits per heavy atom. The first-order valence-corrected chi connectivity index (χ1v) is 6.13. The fourth-order valence-corrected chi connectivity index (χ4v) is 1.89. The van der Waals surface area contributed by atoms with Crippen molar-refractivity contribution in [2.24, 2.45) is 4.99 Å². The van der Waals surface area contributed by atoms with E-state index >= 15 is 0 Å². The molecule has 0 unspecified atom stereocenters. The van der Waals surface area contributed by atoms with Crippen LogP contribution in [0.1, 0.15) is 15.4 Å². The van der Waals surface area contributed by atoms with Crippen molar-refractivity contribution in [2.45, 2.75) is 6.54 Å². The van der Waals surface area contributed by atoms with Gasteiger partial charge in [0.15, 0.2) is 0 Å². The molecule has 2 heterocycles. The molecule has 0 radical (unpaired) electrons. The van der Waals surface area contributed by atoms with Gasteiger partial charge in [-0.15, -0.1) is 11.3 Å². The van der Waals surface area contributed by atoms with Crippen LogP contribution in [0.25, 0.3) is 0 Å². The molecule has 0 saturated carbocycles. The molecular formula is C12H12N2O3S. The molecule has 1 N–H and O–H groups in total. The number of amidine groups is 1. The predicted octanol–water partition coefficient (Wildman–Crippen LogP) is 2.27. The second-order valence-electron chi connectivity index (χ2n) is 3.34. The lowest BCUT2D eigenvalue weighted by Crippen LogP contribution is -2.31. The van der Waals surface area contributed by atoms with Crippen molar-refractivity contribution >= 4 is 23.3 Å². The SMILES string of the molecule is COC(=NCc1ccco1)NC(=O)c1cccs1. The molecule has 0 atom stereocenters. The number of nitrogens with one attached hydrogen (secondary N) is 1. The largest absolute Gasteiger partial charge is 0.468 e. The fourth-order valence-electron chi connectivity index (χ4n) is 1.27. The van der Waals surface area contributed by atoms with E-state index in [-0.39, 0.29) is 11.9 Å². The minimum Gasteiger partial charge on any atom is -0.468 e. The summed E-state index contributed by atoms with van der Waals surface area (Å²) in [5, 5.41) is 4.42. The van der Waals surface area contributed by atoms with Gasteiger partial charge in [-0.05, 0) is 23.6 Å². The van der Waals surface area contributed by atoms with Gasteiger partial charge >= 0.3 is 0 Å². The normalized spacial score (nSPS) is 11.3. The van der Waals surface area contributed by atoms with Crippen molar-refractivity contribution in [1.29, 1.82) is 0 Å². The van der Waals surface area contributed by atoms with Crippen LogP contribution in [0.15, 0.2) is 45.3 Å². The maximum Gasteiger partial charge on any atom is 0.291 e. The molecule has 0 aliphatic carbocycles. The molecular weight excluding hydrogens is 252 g/mol. The Morgan fingerprint density at radius 3 is 3.00 bits per heavy atom. The molecule has 2 rings (SSSR count). The summed E-state index contributed by atoms with van der Waals surface area (Å²) < 4.78 is 10.1. The van der Waals surface area contributed by atoms with Crippen LogP contribution in [-0.2, 0) is 11.3 Å². The number of hydrogen-bond donors (Lipinski definition) is 1. The van der Waals surface area contributed by atoms with E-state index in [1.165, 1.54) is 18.4 Å². The van der Waals surface area contributed by atoms with Crippen LogP contribution in [0, 0.1) is 0 Å². The number of carbonyl (C=O) groups excluding carboxylic acids is 1. The van der Waals surface area contributed by atoms with Gasteiger partial charge in [-0.2, -0.15) is 0 Å². The molecule has 0 bridgehead atoms. The molecule has 0 saturated heterocycles. The zero-order valence-corrected chi connectivity index (χ0v) is 10.6. The van der Waals surface area contributed by atoms with Crippen molar-refractivity contribution in [1.82, 2.24) is 5.32 Å². The van der Waals surface area contributed by atoms with Gasteiger partial charge in [0, 0.05) is 0 Å². The number of furan rings is 1. The van der Waals surface area contributed by atoms with E-state index in [1.54, 1.807) is 24.5 Å². The fraction of sp³-hybridized carbons (Fsp3) is 0.167. The minimum absolute atomic E-state index is 0.171. The van der Waals surface area contributed by atoms with E-state index in [1.807, 2.05) is 11.4 Å². The van der Waals surface area contributed by atoms with Gasteiger partial charge in [-0.3, -0.25) is 10.1 Å². The lowest BCUT2D eigenvalue weighted by molar-refractivity contribution is 0.0972. The first-order chi connectivity index (χ1) is 8.79. The zero-order chi connectivity index (χ0) is 12.8. The molecule has 5 nitrogen and oxygen atoms in total. The standard InChI is InChI=1S/C12H12N2O3S/c1-16-12(13-8-9-4-2-6-17-9)14-11(15)10-5-3-7-18-10/h2-7H,8H2,1H3,(H,13,14,15). The first-order valence-electron chi connectivity index (χ1n) is 5.25. The van der Waals surface area contributed by atoms with Crippen molar-refractivity contribution in [3.8, 4) is 0 Å². The van der Waals surface area contributed by atoms with E-state index in [0.717, 1.165) is 0 Å². The molecule has 0 aliphatic rings. The highest BCUT2D eigenvalue weighted by molar-refractivity contribution is 7.12. The lowest BCUT2D eigenvalue weighted by Gasteiger charge is -2.05. The van der Waals surface area contributed by atoms with Crippen molar-refractivity contribution in [2.75, 3.05) is 7.11 Å². The summed E-state index contributed by atoms with van der Waals surface area (Å²) in [7, 11) is 1.45. The number of aliphatic imine (C=N–C) groups is 1. The second-order valence-corrected chi connectivity index (χ2v) is 4.28. The molecule has 0 fully saturated rings. The van der Waals surface area contributed by atoms with Gasteiger partial charge in [0.05, 0.1) is 18.3 Å². The van der Waals surface area contributed by atoms with E-state index in [9.17, 15) is 4.79 Å². The molecule has 0 spiro atoms. The Hall–Kier alpha value is -2.08. The smallest absolute Gasteiger partial charge is 0.291 e. The van der Waals surface area contributed by atoms with Crippen LogP contribution in [0.2, 0.25) is 0 Å². The van der Waals surface area contributed by atoms with Gasteiger partial charge in [0.25, 0.3) is 11.9 Å². The van der Waals surface area contributed by atoms with Gasteiger partial charge in [0.2, 0.25) is 0 Å². The summed E-state index contributed by atoms with van der Waals surface area (Å²) in [6.45, 7) is 0.320. The number of hydrogen-bond acceptors (Lipinski definition) is 5. The van der Waals surface area contributed by atoms with E-state index in [4.69, 9.17) is 9.15 Å². The monoisotopic (exact) mass is 264 g/mol. The van der Waals surface area contributed by atoms with Crippen molar-refractivity contribution < 1.29 is 13.9 Å². The van der Waals surface area contributed by atoms with E-state index in [0.29, 0.717) is 17.2 Å². The third-order valence-electron chi connectivity index (χ3n) is 2.12. The molecule has 2 aromatic heterocycles. The van der Waals surface area contributed by atoms with E-state index < -0.39 is 0 Å². The topological polar surface area (TPSA) is 63.8 Å². The van der Waals surface area contributed by atoms with Gasteiger partial charge < -0.3 is 9.15 Å². The summed E-state index contributed by atoms with van der Waals surface area (Å²) in [5.74, 6) is 0.472. The maximum atomic E-state index is 11.8. The van der Waals surface area contributed by atoms with Crippen LogP contribution in [0.4, 0.5) is 0 Å². The van der Waals surface area contributed by atoms with Crippen molar-refractivity contribution in [3.63, 3.8) is 0 Å². The number of thiophene rings is 1. The van der Waals surface area contributed by atoms with Crippen LogP contribution < -0.4 is 5.32 Å². The average molecular weight is 264 g/mol. The Bertz CT molecular complexity index is 518. The average Bonchev–Trinajstić information content (AvgIpc) is 3.05. The van der Waals surface area contributed by atoms with Crippen LogP contribution in [-0.4, -0.2) is 19.0 Å². The number of carbonyl (C=O) groups is 1. The zero-order valence-electron chi connectivity index (χ0n) is 9.75. The molecule has 94 valence electrons. The lowest BCUT2D eigenvalue weighted by atomic mass is 10.4. The minimum atomic E-state index is -0.231. The Balaban J connectivity index is 1.96. The molecule has 1 amide bonds. The molecule has 2 aromatic rings. The highest BCUT2D eigenvalue weighted by Crippen LogP contribution is 2.08. The summed E-state index contributed by atoms with van der Waals surface area (Å²) in [6.07, 6.45) is 1.57. The van der Waals surface area contributed by atoms with Gasteiger partial charge in [-0.25, -0.2) is 4.99 Å². The number of nitrogens with zero attached hydrogens (tertiary/aromatic N) is 1. The summed E-state index contributed by atoms with van der Waals surface area (Å²) in [6, 6.07) is 7.30. The van der Waals surface area contributed by atoms with E-state index in [2.05, 4.69) is 10.3 Å². The third kappa shape index (κ3) is 3.21. The molecule has 0 aromatic carbocycles. The molecule has 6 heteroatoms. The van der Waals surface area contributed by atoms with Crippen molar-refractivity contribution in [3.05, 3.63) is 46.5 Å². The summed E-state index contributed by atoms with van der Waals surface area (Å²) >= 11 is 1.36. The number of methoxy groups -OCH3 is 1. The summed E-state index contributed by atoms with van der Waals surface area (Å²) in [4.78, 5) is 16.5. The Kier molecular flexibility index (Phi) is 4.14. The van der Waals surface area contributed by atoms with Gasteiger partial charge in [-0.1, -0.05) is 6.07 Å². The number of amides is 1. The maximum absolute atomic E-state index is 11.8. The number of ether oxygens (including phenoxy) is 1. The number of rotatable bonds is 3. The quantitative estimate of drug-likeness (QED) is 0.683. The molecule has 0 aliphatic heterocycles. The second kappa shape index (κ2) is 6.02. The van der Waals surface area contributed by atoms with Crippen LogP contribution >= 0.6 is 11.3 Å². The summed E-state index contributed by atoms with van der Waals surface area (Å²) in [5.41, 5.74) is 0. The Morgan fingerprint density at radius 1 is 1.50 bits per heavy atom. The van der Waals surface area contributed by atoms with Gasteiger partial charge in [0.1, 0.15) is 12.3 Å². The highest BCUT2D eigenvalue weighted by atomic mass is 32.1.